The molecule has 1 saturated carbocycles. The Morgan fingerprint density at radius 3 is 2.45 bits per heavy atom. The van der Waals surface area contributed by atoms with Crippen LogP contribution in [0.4, 0.5) is 13.6 Å². The maximum absolute atomic E-state index is 15.2. The summed E-state index contributed by atoms with van der Waals surface area (Å²) >= 11 is 1.02. The third-order valence-corrected chi connectivity index (χ3v) is 10.3. The average molecular weight is 572 g/mol. The Bertz CT molecular complexity index is 1130. The SMILES string of the molecule is CON(C)C(=O)[C@]12C[C@H]1[C@@](C)(c1cccc(F)c1F)N=C(N(C(=O)O)C(OCC[Si](C)(C)C)C(C)(C)C)S2. The number of hydrogen-bond acceptors (Lipinski definition) is 6. The van der Waals surface area contributed by atoms with Crippen molar-refractivity contribution in [1.29, 1.82) is 0 Å². The highest BCUT2D eigenvalue weighted by Gasteiger charge is 2.72. The topological polar surface area (TPSA) is 91.7 Å². The zero-order chi connectivity index (χ0) is 28.8. The standard InChI is InChI=1S/C26H39F2N3O5SSi/c1-24(2,3)21(36-13-14-38(7,8)9)31(23(33)34)22-29-25(4,16-11-10-12-17(27)19(16)28)18-15-26(18,37-22)20(32)30(5)35-6/h10-12,18,21H,13-15H2,1-9H3,(H,33,34)/t18-,21?,25+,26-/m0/s1. The normalized spacial score (nSPS) is 25.8. The number of ether oxygens (including phenoxy) is 1. The molecule has 0 aromatic heterocycles. The van der Waals surface area contributed by atoms with E-state index in [0.717, 1.165) is 33.8 Å². The molecule has 2 amide bonds. The van der Waals surface area contributed by atoms with Gasteiger partial charge < -0.3 is 9.84 Å². The summed E-state index contributed by atoms with van der Waals surface area (Å²) < 4.78 is 34.6. The molecule has 3 rings (SSSR count). The summed E-state index contributed by atoms with van der Waals surface area (Å²) in [7, 11) is 1.34. The van der Waals surface area contributed by atoms with E-state index in [1.807, 2.05) is 20.8 Å². The predicted molar refractivity (Wildman–Crippen MR) is 147 cm³/mol. The van der Waals surface area contributed by atoms with Crippen LogP contribution in [0.15, 0.2) is 23.2 Å². The summed E-state index contributed by atoms with van der Waals surface area (Å²) in [6.07, 6.45) is -1.96. The molecular weight excluding hydrogens is 532 g/mol. The Morgan fingerprint density at radius 1 is 1.29 bits per heavy atom. The van der Waals surface area contributed by atoms with Crippen molar-refractivity contribution in [2.75, 3.05) is 20.8 Å². The van der Waals surface area contributed by atoms with Crippen LogP contribution in [-0.2, 0) is 19.9 Å². The fourth-order valence-electron chi connectivity index (χ4n) is 4.82. The lowest BCUT2D eigenvalue weighted by Crippen LogP contribution is -2.54. The highest BCUT2D eigenvalue weighted by molar-refractivity contribution is 8.16. The van der Waals surface area contributed by atoms with E-state index in [0.29, 0.717) is 6.61 Å². The van der Waals surface area contributed by atoms with Crippen LogP contribution in [0.5, 0.6) is 0 Å². The Kier molecular flexibility index (Phi) is 8.44. The Labute approximate surface area is 228 Å². The minimum absolute atomic E-state index is 0.00296. The molecule has 1 heterocycles. The number of carboxylic acid groups (broad SMARTS) is 1. The van der Waals surface area contributed by atoms with Crippen LogP contribution in [0.25, 0.3) is 0 Å². The van der Waals surface area contributed by atoms with Gasteiger partial charge in [0, 0.05) is 38.6 Å². The molecule has 0 spiro atoms. The first-order chi connectivity index (χ1) is 17.4. The molecule has 4 atom stereocenters. The molecule has 1 aromatic carbocycles. The van der Waals surface area contributed by atoms with Crippen molar-refractivity contribution in [2.45, 2.75) is 76.3 Å². The van der Waals surface area contributed by atoms with E-state index in [1.165, 1.54) is 26.3 Å². The van der Waals surface area contributed by atoms with E-state index in [1.54, 1.807) is 6.92 Å². The van der Waals surface area contributed by atoms with Crippen molar-refractivity contribution in [3.63, 3.8) is 0 Å². The number of amidine groups is 1. The van der Waals surface area contributed by atoms with Gasteiger partial charge in [-0.15, -0.1) is 0 Å². The van der Waals surface area contributed by atoms with Crippen LogP contribution in [0.2, 0.25) is 25.7 Å². The van der Waals surface area contributed by atoms with E-state index in [4.69, 9.17) is 14.6 Å². The summed E-state index contributed by atoms with van der Waals surface area (Å²) in [4.78, 5) is 37.3. The quantitative estimate of drug-likeness (QED) is 0.242. The van der Waals surface area contributed by atoms with Crippen LogP contribution in [0.1, 0.15) is 39.7 Å². The second kappa shape index (κ2) is 10.5. The zero-order valence-corrected chi connectivity index (χ0v) is 25.4. The number of carbonyl (C=O) groups is 2. The molecule has 0 radical (unpaired) electrons. The lowest BCUT2D eigenvalue weighted by molar-refractivity contribution is -0.169. The van der Waals surface area contributed by atoms with Crippen molar-refractivity contribution in [1.82, 2.24) is 9.96 Å². The van der Waals surface area contributed by atoms with Crippen LogP contribution in [0, 0.1) is 23.0 Å². The first-order valence-corrected chi connectivity index (χ1v) is 17.1. The molecule has 0 bridgehead atoms. The molecule has 12 heteroatoms. The maximum Gasteiger partial charge on any atom is 0.415 e. The van der Waals surface area contributed by atoms with E-state index in [9.17, 15) is 19.1 Å². The lowest BCUT2D eigenvalue weighted by atomic mass is 9.85. The first kappa shape index (κ1) is 30.5. The number of fused-ring (bicyclic) bond motifs is 1. The van der Waals surface area contributed by atoms with Gasteiger partial charge >= 0.3 is 6.09 Å². The van der Waals surface area contributed by atoms with Crippen molar-refractivity contribution in [2.24, 2.45) is 16.3 Å². The van der Waals surface area contributed by atoms with Crippen molar-refractivity contribution < 1.29 is 33.1 Å². The molecule has 1 unspecified atom stereocenters. The Morgan fingerprint density at radius 2 is 1.92 bits per heavy atom. The molecule has 1 aliphatic carbocycles. The number of nitrogens with zero attached hydrogens (tertiary/aromatic N) is 3. The molecule has 38 heavy (non-hydrogen) atoms. The predicted octanol–water partition coefficient (Wildman–Crippen LogP) is 5.77. The molecule has 0 saturated heterocycles. The molecule has 1 fully saturated rings. The van der Waals surface area contributed by atoms with Gasteiger partial charge in [-0.05, 0) is 25.5 Å². The highest BCUT2D eigenvalue weighted by Crippen LogP contribution is 2.67. The smallest absolute Gasteiger partial charge is 0.415 e. The van der Waals surface area contributed by atoms with Gasteiger partial charge in [0.2, 0.25) is 0 Å². The van der Waals surface area contributed by atoms with Gasteiger partial charge in [-0.2, -0.15) is 0 Å². The third kappa shape index (κ3) is 5.78. The minimum Gasteiger partial charge on any atom is -0.465 e. The number of amides is 2. The van der Waals surface area contributed by atoms with Crippen molar-refractivity contribution >= 4 is 37.0 Å². The number of aliphatic imine (C=N–C) groups is 1. The molecule has 212 valence electrons. The van der Waals surface area contributed by atoms with E-state index >= 15 is 4.39 Å². The van der Waals surface area contributed by atoms with Gasteiger partial charge in [-0.1, -0.05) is 64.3 Å². The summed E-state index contributed by atoms with van der Waals surface area (Å²) in [6.45, 7) is 14.2. The monoisotopic (exact) mass is 571 g/mol. The highest BCUT2D eigenvalue weighted by atomic mass is 32.2. The second-order valence-electron chi connectivity index (χ2n) is 12.4. The summed E-state index contributed by atoms with van der Waals surface area (Å²) in [5, 5.41) is 11.5. The van der Waals surface area contributed by atoms with Gasteiger partial charge in [0.05, 0.1) is 12.6 Å². The number of hydroxylamine groups is 2. The van der Waals surface area contributed by atoms with Gasteiger partial charge in [-0.25, -0.2) is 23.5 Å². The summed E-state index contributed by atoms with van der Waals surface area (Å²) in [6, 6.07) is 4.65. The van der Waals surface area contributed by atoms with Crippen LogP contribution in [-0.4, -0.2) is 72.1 Å². The number of rotatable bonds is 8. The largest absolute Gasteiger partial charge is 0.465 e. The zero-order valence-electron chi connectivity index (χ0n) is 23.6. The first-order valence-electron chi connectivity index (χ1n) is 12.6. The van der Waals surface area contributed by atoms with E-state index in [-0.39, 0.29) is 17.2 Å². The van der Waals surface area contributed by atoms with Crippen molar-refractivity contribution in [3.05, 3.63) is 35.4 Å². The summed E-state index contributed by atoms with van der Waals surface area (Å²) in [5.74, 6) is -3.02. The molecule has 8 nitrogen and oxygen atoms in total. The molecular formula is C26H39F2N3O5SSi. The van der Waals surface area contributed by atoms with Gasteiger partial charge in [-0.3, -0.25) is 14.6 Å². The van der Waals surface area contributed by atoms with Gasteiger partial charge in [0.1, 0.15) is 11.0 Å². The lowest BCUT2D eigenvalue weighted by Gasteiger charge is -2.42. The molecule has 1 aromatic rings. The fourth-order valence-corrected chi connectivity index (χ4v) is 7.22. The van der Waals surface area contributed by atoms with Crippen LogP contribution >= 0.6 is 11.8 Å². The van der Waals surface area contributed by atoms with Crippen LogP contribution in [0.3, 0.4) is 0 Å². The third-order valence-electron chi connectivity index (χ3n) is 7.12. The van der Waals surface area contributed by atoms with Gasteiger partial charge in [0.15, 0.2) is 16.8 Å². The van der Waals surface area contributed by atoms with E-state index in [2.05, 4.69) is 19.6 Å². The number of carbonyl (C=O) groups excluding carboxylic acids is 1. The Balaban J connectivity index is 2.17. The number of hydrogen-bond donors (Lipinski definition) is 1. The summed E-state index contributed by atoms with van der Waals surface area (Å²) in [5.41, 5.74) is -2.11. The van der Waals surface area contributed by atoms with Gasteiger partial charge in [0.25, 0.3) is 5.91 Å². The number of halogens is 2. The van der Waals surface area contributed by atoms with Crippen molar-refractivity contribution in [3.8, 4) is 0 Å². The molecule has 1 aliphatic heterocycles. The molecule has 1 N–H and O–H groups in total. The number of benzene rings is 1. The fraction of sp³-hybridized carbons (Fsp3) is 0.654. The number of thioether (sulfide) groups is 1. The minimum atomic E-state index is -1.48. The average Bonchev–Trinajstić information content (AvgIpc) is 3.54. The maximum atomic E-state index is 15.2. The van der Waals surface area contributed by atoms with Crippen LogP contribution < -0.4 is 0 Å². The van der Waals surface area contributed by atoms with E-state index < -0.39 is 59.6 Å². The molecule has 2 aliphatic rings. The Hall–Kier alpha value is -2.02. The second-order valence-corrected chi connectivity index (χ2v) is 19.3.